The normalized spacial score (nSPS) is 10.2. The van der Waals surface area contributed by atoms with Gasteiger partial charge in [-0.15, -0.1) is 0 Å². The highest BCUT2D eigenvalue weighted by Gasteiger charge is 2.16. The van der Waals surface area contributed by atoms with E-state index in [1.807, 2.05) is 6.07 Å². The molecule has 2 aromatic rings. The van der Waals surface area contributed by atoms with E-state index in [2.05, 4.69) is 0 Å². The van der Waals surface area contributed by atoms with E-state index in [1.165, 1.54) is 30.2 Å². The maximum absolute atomic E-state index is 13.8. The van der Waals surface area contributed by atoms with E-state index in [9.17, 15) is 9.18 Å². The third kappa shape index (κ3) is 3.76. The largest absolute Gasteiger partial charge is 0.497 e. The Morgan fingerprint density at radius 1 is 1.00 bits per heavy atom. The van der Waals surface area contributed by atoms with Gasteiger partial charge in [-0.2, -0.15) is 0 Å². The summed E-state index contributed by atoms with van der Waals surface area (Å²) in [6.07, 6.45) is 0. The van der Waals surface area contributed by atoms with Crippen molar-refractivity contribution in [2.24, 2.45) is 0 Å². The molecule has 2 rings (SSSR count). The number of amides is 1. The zero-order valence-electron chi connectivity index (χ0n) is 14.1. The monoisotopic (exact) mass is 333 g/mol. The highest BCUT2D eigenvalue weighted by Crippen LogP contribution is 2.26. The highest BCUT2D eigenvalue weighted by molar-refractivity contribution is 5.94. The number of carbonyl (C=O) groups is 1. The zero-order chi connectivity index (χ0) is 17.7. The first-order chi connectivity index (χ1) is 11.5. The average molecular weight is 333 g/mol. The van der Waals surface area contributed by atoms with Crippen molar-refractivity contribution in [2.75, 3.05) is 28.4 Å². The maximum atomic E-state index is 13.8. The lowest BCUT2D eigenvalue weighted by Crippen LogP contribution is -2.26. The third-order valence-electron chi connectivity index (χ3n) is 3.65. The molecule has 0 N–H and O–H groups in total. The van der Waals surface area contributed by atoms with E-state index < -0.39 is 5.82 Å². The summed E-state index contributed by atoms with van der Waals surface area (Å²) in [4.78, 5) is 14.0. The fraction of sp³-hybridized carbons (Fsp3) is 0.278. The van der Waals surface area contributed by atoms with E-state index in [-0.39, 0.29) is 17.2 Å². The molecule has 0 atom stereocenters. The fourth-order valence-electron chi connectivity index (χ4n) is 2.33. The molecule has 0 bridgehead atoms. The number of hydrogen-bond donors (Lipinski definition) is 0. The van der Waals surface area contributed by atoms with Gasteiger partial charge in [0.15, 0.2) is 11.6 Å². The third-order valence-corrected chi connectivity index (χ3v) is 3.65. The lowest BCUT2D eigenvalue weighted by atomic mass is 10.1. The van der Waals surface area contributed by atoms with Crippen LogP contribution in [0.3, 0.4) is 0 Å². The van der Waals surface area contributed by atoms with Gasteiger partial charge in [-0.3, -0.25) is 4.79 Å². The number of rotatable bonds is 6. The van der Waals surface area contributed by atoms with Crippen LogP contribution in [0.4, 0.5) is 4.39 Å². The van der Waals surface area contributed by atoms with Crippen LogP contribution in [0, 0.1) is 5.82 Å². The maximum Gasteiger partial charge on any atom is 0.254 e. The highest BCUT2D eigenvalue weighted by atomic mass is 19.1. The molecule has 0 heterocycles. The molecule has 0 saturated carbocycles. The number of benzene rings is 2. The smallest absolute Gasteiger partial charge is 0.254 e. The standard InChI is InChI=1S/C18H20FNO4/c1-20(11-13-5-7-14(22-2)10-17(13)24-4)18(21)12-6-8-16(23-3)15(19)9-12/h5-10H,11H2,1-4H3. The Morgan fingerprint density at radius 3 is 2.29 bits per heavy atom. The first-order valence-corrected chi connectivity index (χ1v) is 7.30. The molecule has 0 spiro atoms. The van der Waals surface area contributed by atoms with Crippen LogP contribution >= 0.6 is 0 Å². The Hall–Kier alpha value is -2.76. The second-order valence-corrected chi connectivity index (χ2v) is 5.19. The summed E-state index contributed by atoms with van der Waals surface area (Å²) in [6.45, 7) is 0.319. The quantitative estimate of drug-likeness (QED) is 0.815. The molecule has 2 aromatic carbocycles. The Labute approximate surface area is 140 Å². The lowest BCUT2D eigenvalue weighted by Gasteiger charge is -2.19. The van der Waals surface area contributed by atoms with Gasteiger partial charge in [0, 0.05) is 30.8 Å². The van der Waals surface area contributed by atoms with Gasteiger partial charge in [0.05, 0.1) is 21.3 Å². The van der Waals surface area contributed by atoms with Crippen LogP contribution in [0.5, 0.6) is 17.2 Å². The van der Waals surface area contributed by atoms with Gasteiger partial charge in [0.1, 0.15) is 11.5 Å². The van der Waals surface area contributed by atoms with E-state index in [0.717, 1.165) is 5.56 Å². The number of carbonyl (C=O) groups excluding carboxylic acids is 1. The van der Waals surface area contributed by atoms with Gasteiger partial charge in [0.2, 0.25) is 0 Å². The van der Waals surface area contributed by atoms with Crippen LogP contribution in [0.15, 0.2) is 36.4 Å². The summed E-state index contributed by atoms with van der Waals surface area (Å²) >= 11 is 0. The van der Waals surface area contributed by atoms with Gasteiger partial charge < -0.3 is 19.1 Å². The Bertz CT molecular complexity index is 733. The molecule has 0 fully saturated rings. The number of halogens is 1. The molecular formula is C18H20FNO4. The van der Waals surface area contributed by atoms with Crippen LogP contribution in [-0.4, -0.2) is 39.2 Å². The van der Waals surface area contributed by atoms with Gasteiger partial charge in [-0.1, -0.05) is 0 Å². The minimum absolute atomic E-state index is 0.103. The zero-order valence-corrected chi connectivity index (χ0v) is 14.1. The molecule has 128 valence electrons. The molecule has 0 aliphatic heterocycles. The topological polar surface area (TPSA) is 48.0 Å². The van der Waals surface area contributed by atoms with Crippen molar-refractivity contribution < 1.29 is 23.4 Å². The predicted molar refractivity (Wildman–Crippen MR) is 88.3 cm³/mol. The Balaban J connectivity index is 2.18. The summed E-state index contributed by atoms with van der Waals surface area (Å²) in [7, 11) is 6.15. The lowest BCUT2D eigenvalue weighted by molar-refractivity contribution is 0.0783. The van der Waals surface area contributed by atoms with E-state index in [0.29, 0.717) is 18.0 Å². The number of nitrogens with zero attached hydrogens (tertiary/aromatic N) is 1. The minimum atomic E-state index is -0.571. The number of ether oxygens (including phenoxy) is 3. The molecule has 0 aliphatic rings. The molecule has 6 heteroatoms. The van der Waals surface area contributed by atoms with Crippen LogP contribution in [0.2, 0.25) is 0 Å². The summed E-state index contributed by atoms with van der Waals surface area (Å²) in [5.74, 6) is 0.524. The summed E-state index contributed by atoms with van der Waals surface area (Å²) in [6, 6.07) is 9.51. The van der Waals surface area contributed by atoms with E-state index in [1.54, 1.807) is 33.4 Å². The first kappa shape index (κ1) is 17.6. The molecule has 0 aromatic heterocycles. The Kier molecular flexibility index (Phi) is 5.63. The van der Waals surface area contributed by atoms with Crippen LogP contribution in [0.25, 0.3) is 0 Å². The average Bonchev–Trinajstić information content (AvgIpc) is 2.61. The summed E-state index contributed by atoms with van der Waals surface area (Å²) < 4.78 is 29.1. The Morgan fingerprint density at radius 2 is 1.71 bits per heavy atom. The van der Waals surface area contributed by atoms with E-state index in [4.69, 9.17) is 14.2 Å². The SMILES string of the molecule is COc1ccc(CN(C)C(=O)c2ccc(OC)c(F)c2)c(OC)c1. The summed E-state index contributed by atoms with van der Waals surface area (Å²) in [5.41, 5.74) is 1.08. The molecular weight excluding hydrogens is 313 g/mol. The molecule has 1 amide bonds. The minimum Gasteiger partial charge on any atom is -0.497 e. The molecule has 0 aliphatic carbocycles. The van der Waals surface area contributed by atoms with Gasteiger partial charge in [-0.05, 0) is 30.3 Å². The second kappa shape index (κ2) is 7.68. The molecule has 5 nitrogen and oxygen atoms in total. The van der Waals surface area contributed by atoms with Gasteiger partial charge >= 0.3 is 0 Å². The van der Waals surface area contributed by atoms with Crippen LogP contribution in [0.1, 0.15) is 15.9 Å². The second-order valence-electron chi connectivity index (χ2n) is 5.19. The fourth-order valence-corrected chi connectivity index (χ4v) is 2.33. The van der Waals surface area contributed by atoms with Crippen molar-refractivity contribution in [3.8, 4) is 17.2 Å². The van der Waals surface area contributed by atoms with Crippen molar-refractivity contribution in [3.63, 3.8) is 0 Å². The van der Waals surface area contributed by atoms with Crippen molar-refractivity contribution in [1.29, 1.82) is 0 Å². The van der Waals surface area contributed by atoms with Gasteiger partial charge in [0.25, 0.3) is 5.91 Å². The van der Waals surface area contributed by atoms with E-state index >= 15 is 0 Å². The van der Waals surface area contributed by atoms with Crippen molar-refractivity contribution in [3.05, 3.63) is 53.3 Å². The summed E-state index contributed by atoms with van der Waals surface area (Å²) in [5, 5.41) is 0. The number of methoxy groups -OCH3 is 3. The molecule has 24 heavy (non-hydrogen) atoms. The van der Waals surface area contributed by atoms with Crippen LogP contribution in [-0.2, 0) is 6.54 Å². The van der Waals surface area contributed by atoms with Crippen molar-refractivity contribution >= 4 is 5.91 Å². The van der Waals surface area contributed by atoms with Gasteiger partial charge in [-0.25, -0.2) is 4.39 Å². The van der Waals surface area contributed by atoms with Crippen LogP contribution < -0.4 is 14.2 Å². The molecule has 0 unspecified atom stereocenters. The molecule has 0 saturated heterocycles. The molecule has 0 radical (unpaired) electrons. The van der Waals surface area contributed by atoms with Crippen molar-refractivity contribution in [1.82, 2.24) is 4.90 Å². The first-order valence-electron chi connectivity index (χ1n) is 7.30. The van der Waals surface area contributed by atoms with Crippen molar-refractivity contribution in [2.45, 2.75) is 6.54 Å². The number of hydrogen-bond acceptors (Lipinski definition) is 4. The predicted octanol–water partition coefficient (Wildman–Crippen LogP) is 3.12.